The first-order valence-electron chi connectivity index (χ1n) is 4.81. The third-order valence-corrected chi connectivity index (χ3v) is 3.00. The fourth-order valence-electron chi connectivity index (χ4n) is 1.08. The lowest BCUT2D eigenvalue weighted by atomic mass is 10.2. The predicted molar refractivity (Wildman–Crippen MR) is 63.7 cm³/mol. The van der Waals surface area contributed by atoms with Crippen molar-refractivity contribution in [3.63, 3.8) is 0 Å². The molecule has 0 radical (unpaired) electrons. The molecule has 0 spiro atoms. The largest absolute Gasteiger partial charge is 0.350 e. The second kappa shape index (κ2) is 5.38. The van der Waals surface area contributed by atoms with Crippen molar-refractivity contribution >= 4 is 29.1 Å². The molecule has 1 atom stereocenters. The molecule has 1 amide bonds. The fourth-order valence-corrected chi connectivity index (χ4v) is 1.47. The van der Waals surface area contributed by atoms with Gasteiger partial charge in [-0.15, -0.1) is 0 Å². The summed E-state index contributed by atoms with van der Waals surface area (Å²) in [7, 11) is 0. The number of hydrogen-bond donors (Lipinski definition) is 1. The number of carbonyl (C=O) groups is 1. The second-order valence-electron chi connectivity index (χ2n) is 3.38. The summed E-state index contributed by atoms with van der Waals surface area (Å²) < 4.78 is 0. The van der Waals surface area contributed by atoms with Crippen molar-refractivity contribution in [3.8, 4) is 0 Å². The van der Waals surface area contributed by atoms with Crippen LogP contribution in [0.15, 0.2) is 18.2 Å². The van der Waals surface area contributed by atoms with Crippen molar-refractivity contribution in [1.29, 1.82) is 0 Å². The van der Waals surface area contributed by atoms with Crippen LogP contribution in [0.1, 0.15) is 30.6 Å². The Morgan fingerprint density at radius 2 is 2.13 bits per heavy atom. The van der Waals surface area contributed by atoms with Gasteiger partial charge in [-0.2, -0.15) is 0 Å². The van der Waals surface area contributed by atoms with E-state index in [2.05, 4.69) is 5.32 Å². The molecule has 1 aromatic carbocycles. The Bertz CT molecular complexity index is 366. The van der Waals surface area contributed by atoms with E-state index in [0.29, 0.717) is 15.6 Å². The van der Waals surface area contributed by atoms with Gasteiger partial charge < -0.3 is 5.32 Å². The highest BCUT2D eigenvalue weighted by Gasteiger charge is 2.13. The van der Waals surface area contributed by atoms with Gasteiger partial charge in [-0.05, 0) is 25.5 Å². The zero-order chi connectivity index (χ0) is 11.4. The number of amides is 1. The molecule has 0 aliphatic rings. The summed E-state index contributed by atoms with van der Waals surface area (Å²) in [4.78, 5) is 11.7. The number of halogens is 2. The molecule has 1 N–H and O–H groups in total. The standard InChI is InChI=1S/C11H13Cl2NO/c1-3-7(2)14-11(15)8-5-4-6-9(12)10(8)13/h4-7H,3H2,1-2H3,(H,14,15). The molecule has 1 rings (SSSR count). The van der Waals surface area contributed by atoms with E-state index >= 15 is 0 Å². The quantitative estimate of drug-likeness (QED) is 0.868. The number of benzene rings is 1. The molecule has 0 aliphatic carbocycles. The Kier molecular flexibility index (Phi) is 4.43. The SMILES string of the molecule is CCC(C)NC(=O)c1cccc(Cl)c1Cl. The van der Waals surface area contributed by atoms with Gasteiger partial charge in [-0.25, -0.2) is 0 Å². The van der Waals surface area contributed by atoms with Gasteiger partial charge in [0.05, 0.1) is 15.6 Å². The van der Waals surface area contributed by atoms with Gasteiger partial charge in [0.25, 0.3) is 5.91 Å². The third kappa shape index (κ3) is 3.11. The van der Waals surface area contributed by atoms with Crippen LogP contribution in [0, 0.1) is 0 Å². The van der Waals surface area contributed by atoms with Crippen LogP contribution in [0.4, 0.5) is 0 Å². The van der Waals surface area contributed by atoms with Crippen molar-refractivity contribution in [1.82, 2.24) is 5.32 Å². The average Bonchev–Trinajstić information content (AvgIpc) is 2.21. The smallest absolute Gasteiger partial charge is 0.253 e. The van der Waals surface area contributed by atoms with Crippen LogP contribution < -0.4 is 5.32 Å². The lowest BCUT2D eigenvalue weighted by Gasteiger charge is -2.12. The highest BCUT2D eigenvalue weighted by molar-refractivity contribution is 6.43. The summed E-state index contributed by atoms with van der Waals surface area (Å²) in [6, 6.07) is 5.16. The van der Waals surface area contributed by atoms with E-state index in [-0.39, 0.29) is 11.9 Å². The van der Waals surface area contributed by atoms with Crippen LogP contribution in [0.2, 0.25) is 10.0 Å². The van der Waals surface area contributed by atoms with Crippen molar-refractivity contribution < 1.29 is 4.79 Å². The van der Waals surface area contributed by atoms with Gasteiger partial charge in [-0.3, -0.25) is 4.79 Å². The Balaban J connectivity index is 2.87. The van der Waals surface area contributed by atoms with Gasteiger partial charge in [0.15, 0.2) is 0 Å². The summed E-state index contributed by atoms with van der Waals surface area (Å²) in [5.41, 5.74) is 0.421. The fraction of sp³-hybridized carbons (Fsp3) is 0.364. The highest BCUT2D eigenvalue weighted by Crippen LogP contribution is 2.25. The molecular formula is C11H13Cl2NO. The number of nitrogens with one attached hydrogen (secondary N) is 1. The molecule has 0 bridgehead atoms. The molecule has 0 saturated carbocycles. The first kappa shape index (κ1) is 12.3. The minimum atomic E-state index is -0.183. The van der Waals surface area contributed by atoms with Gasteiger partial charge in [0, 0.05) is 6.04 Å². The molecular weight excluding hydrogens is 233 g/mol. The highest BCUT2D eigenvalue weighted by atomic mass is 35.5. The molecule has 0 saturated heterocycles. The maximum atomic E-state index is 11.7. The normalized spacial score (nSPS) is 12.3. The van der Waals surface area contributed by atoms with E-state index < -0.39 is 0 Å². The molecule has 1 aromatic rings. The third-order valence-electron chi connectivity index (χ3n) is 2.19. The van der Waals surface area contributed by atoms with E-state index in [1.54, 1.807) is 18.2 Å². The molecule has 1 unspecified atom stereocenters. The molecule has 4 heteroatoms. The minimum absolute atomic E-state index is 0.132. The van der Waals surface area contributed by atoms with Crippen LogP contribution in [-0.4, -0.2) is 11.9 Å². The monoisotopic (exact) mass is 245 g/mol. The molecule has 2 nitrogen and oxygen atoms in total. The lowest BCUT2D eigenvalue weighted by molar-refractivity contribution is 0.0939. The van der Waals surface area contributed by atoms with E-state index in [1.807, 2.05) is 13.8 Å². The zero-order valence-electron chi connectivity index (χ0n) is 8.68. The van der Waals surface area contributed by atoms with Crippen molar-refractivity contribution in [3.05, 3.63) is 33.8 Å². The summed E-state index contributed by atoms with van der Waals surface area (Å²) >= 11 is 11.7. The summed E-state index contributed by atoms with van der Waals surface area (Å²) in [5, 5.41) is 3.53. The molecule has 0 aliphatic heterocycles. The van der Waals surface area contributed by atoms with Crippen LogP contribution in [0.25, 0.3) is 0 Å². The topological polar surface area (TPSA) is 29.1 Å². The van der Waals surface area contributed by atoms with Crippen molar-refractivity contribution in [2.75, 3.05) is 0 Å². The molecule has 15 heavy (non-hydrogen) atoms. The summed E-state index contributed by atoms with van der Waals surface area (Å²) in [5.74, 6) is -0.183. The van der Waals surface area contributed by atoms with Gasteiger partial charge in [0.1, 0.15) is 0 Å². The number of carbonyl (C=O) groups excluding carboxylic acids is 1. The van der Waals surface area contributed by atoms with E-state index in [4.69, 9.17) is 23.2 Å². The molecule has 0 aromatic heterocycles. The van der Waals surface area contributed by atoms with Crippen molar-refractivity contribution in [2.24, 2.45) is 0 Å². The maximum absolute atomic E-state index is 11.7. The predicted octanol–water partition coefficient (Wildman–Crippen LogP) is 3.52. The molecule has 0 heterocycles. The van der Waals surface area contributed by atoms with Crippen LogP contribution in [0.3, 0.4) is 0 Å². The van der Waals surface area contributed by atoms with E-state index in [1.165, 1.54) is 0 Å². The Morgan fingerprint density at radius 3 is 2.73 bits per heavy atom. The van der Waals surface area contributed by atoms with E-state index in [9.17, 15) is 4.79 Å². The summed E-state index contributed by atoms with van der Waals surface area (Å²) in [6.07, 6.45) is 0.879. The van der Waals surface area contributed by atoms with Crippen molar-refractivity contribution in [2.45, 2.75) is 26.3 Å². The minimum Gasteiger partial charge on any atom is -0.350 e. The molecule has 82 valence electrons. The van der Waals surface area contributed by atoms with Gasteiger partial charge in [0.2, 0.25) is 0 Å². The zero-order valence-corrected chi connectivity index (χ0v) is 10.2. The average molecular weight is 246 g/mol. The van der Waals surface area contributed by atoms with Gasteiger partial charge >= 0.3 is 0 Å². The van der Waals surface area contributed by atoms with Crippen LogP contribution in [0.5, 0.6) is 0 Å². The van der Waals surface area contributed by atoms with E-state index in [0.717, 1.165) is 6.42 Å². The van der Waals surface area contributed by atoms with Crippen LogP contribution >= 0.6 is 23.2 Å². The Hall–Kier alpha value is -0.730. The molecule has 0 fully saturated rings. The van der Waals surface area contributed by atoms with Crippen LogP contribution in [-0.2, 0) is 0 Å². The lowest BCUT2D eigenvalue weighted by Crippen LogP contribution is -2.32. The first-order chi connectivity index (χ1) is 7.06. The van der Waals surface area contributed by atoms with Gasteiger partial charge in [-0.1, -0.05) is 36.2 Å². The first-order valence-corrected chi connectivity index (χ1v) is 5.56. The second-order valence-corrected chi connectivity index (χ2v) is 4.17. The Morgan fingerprint density at radius 1 is 1.47 bits per heavy atom. The Labute approximate surface area is 99.6 Å². The number of hydrogen-bond acceptors (Lipinski definition) is 1. The summed E-state index contributed by atoms with van der Waals surface area (Å²) in [6.45, 7) is 3.95. The maximum Gasteiger partial charge on any atom is 0.253 e. The number of rotatable bonds is 3.